The van der Waals surface area contributed by atoms with Crippen molar-refractivity contribution in [3.8, 4) is 5.75 Å². The van der Waals surface area contributed by atoms with Crippen molar-refractivity contribution < 1.29 is 9.90 Å². The summed E-state index contributed by atoms with van der Waals surface area (Å²) in [5.74, 6) is 0.0526. The zero-order chi connectivity index (χ0) is 15.6. The van der Waals surface area contributed by atoms with E-state index in [9.17, 15) is 9.90 Å². The van der Waals surface area contributed by atoms with E-state index in [0.29, 0.717) is 10.6 Å². The zero-order valence-electron chi connectivity index (χ0n) is 11.7. The van der Waals surface area contributed by atoms with Gasteiger partial charge in [0.25, 0.3) is 5.91 Å². The topological polar surface area (TPSA) is 40.5 Å². The van der Waals surface area contributed by atoms with Crippen LogP contribution >= 0.6 is 27.5 Å². The van der Waals surface area contributed by atoms with Gasteiger partial charge in [-0.3, -0.25) is 4.79 Å². The van der Waals surface area contributed by atoms with E-state index < -0.39 is 0 Å². The number of rotatable bonds is 3. The summed E-state index contributed by atoms with van der Waals surface area (Å²) in [6.45, 7) is 1.93. The van der Waals surface area contributed by atoms with Gasteiger partial charge in [0, 0.05) is 11.5 Å². The number of hydrogen-bond acceptors (Lipinski definition) is 2. The Hall–Kier alpha value is -1.52. The average Bonchev–Trinajstić information content (AvgIpc) is 2.48. The van der Waals surface area contributed by atoms with E-state index in [1.54, 1.807) is 54.4 Å². The summed E-state index contributed by atoms with van der Waals surface area (Å²) in [5.41, 5.74) is 1.40. The van der Waals surface area contributed by atoms with Gasteiger partial charge in [-0.2, -0.15) is 0 Å². The van der Waals surface area contributed by atoms with Crippen LogP contribution in [0, 0.1) is 0 Å². The second kappa shape index (κ2) is 6.50. The maximum atomic E-state index is 12.6. The maximum absolute atomic E-state index is 12.6. The largest absolute Gasteiger partial charge is 0.508 e. The highest BCUT2D eigenvalue weighted by Crippen LogP contribution is 2.26. The van der Waals surface area contributed by atoms with Crippen LogP contribution in [0.15, 0.2) is 46.9 Å². The first-order valence-corrected chi connectivity index (χ1v) is 7.58. The van der Waals surface area contributed by atoms with E-state index in [-0.39, 0.29) is 17.7 Å². The standard InChI is InChI=1S/C16H15BrClNO2/c1-10(11-3-6-13(20)7-4-11)19(2)16(21)14-9-12(17)5-8-15(14)18/h3-10,20H,1-2H3. The Balaban J connectivity index is 2.26. The minimum Gasteiger partial charge on any atom is -0.508 e. The second-order valence-corrected chi connectivity index (χ2v) is 6.13. The van der Waals surface area contributed by atoms with Crippen molar-refractivity contribution in [3.05, 3.63) is 63.1 Å². The highest BCUT2D eigenvalue weighted by Gasteiger charge is 2.21. The molecule has 0 radical (unpaired) electrons. The van der Waals surface area contributed by atoms with E-state index in [1.165, 1.54) is 0 Å². The number of benzene rings is 2. The quantitative estimate of drug-likeness (QED) is 0.857. The monoisotopic (exact) mass is 367 g/mol. The molecule has 0 aliphatic carbocycles. The molecular formula is C16H15BrClNO2. The molecule has 0 aromatic heterocycles. The molecule has 0 bridgehead atoms. The first-order valence-electron chi connectivity index (χ1n) is 6.41. The normalized spacial score (nSPS) is 12.0. The molecular weight excluding hydrogens is 354 g/mol. The van der Waals surface area contributed by atoms with Crippen molar-refractivity contribution in [2.24, 2.45) is 0 Å². The lowest BCUT2D eigenvalue weighted by molar-refractivity contribution is 0.0743. The third-order valence-corrected chi connectivity index (χ3v) is 4.26. The molecule has 0 spiro atoms. The molecule has 0 heterocycles. The SMILES string of the molecule is CC(c1ccc(O)cc1)N(C)C(=O)c1cc(Br)ccc1Cl. The summed E-state index contributed by atoms with van der Waals surface area (Å²) in [6, 6.07) is 11.9. The van der Waals surface area contributed by atoms with Crippen molar-refractivity contribution >= 4 is 33.4 Å². The van der Waals surface area contributed by atoms with Gasteiger partial charge < -0.3 is 10.0 Å². The number of nitrogens with zero attached hydrogens (tertiary/aromatic N) is 1. The van der Waals surface area contributed by atoms with Crippen LogP contribution in [0.25, 0.3) is 0 Å². The van der Waals surface area contributed by atoms with E-state index >= 15 is 0 Å². The van der Waals surface area contributed by atoms with Crippen LogP contribution in [-0.2, 0) is 0 Å². The Kier molecular flexibility index (Phi) is 4.91. The first-order chi connectivity index (χ1) is 9.90. The predicted molar refractivity (Wildman–Crippen MR) is 87.8 cm³/mol. The van der Waals surface area contributed by atoms with Crippen molar-refractivity contribution in [3.63, 3.8) is 0 Å². The Morgan fingerprint density at radius 2 is 1.86 bits per heavy atom. The summed E-state index contributed by atoms with van der Waals surface area (Å²) in [6.07, 6.45) is 0. The van der Waals surface area contributed by atoms with Crippen LogP contribution in [0.2, 0.25) is 5.02 Å². The number of hydrogen-bond donors (Lipinski definition) is 1. The first kappa shape index (κ1) is 15.9. The summed E-state index contributed by atoms with van der Waals surface area (Å²) in [7, 11) is 1.73. The summed E-state index contributed by atoms with van der Waals surface area (Å²) < 4.78 is 0.806. The van der Waals surface area contributed by atoms with Crippen molar-refractivity contribution in [2.45, 2.75) is 13.0 Å². The lowest BCUT2D eigenvalue weighted by Gasteiger charge is -2.26. The number of phenols is 1. The van der Waals surface area contributed by atoms with E-state index in [0.717, 1.165) is 10.0 Å². The predicted octanol–water partition coefficient (Wildman–Crippen LogP) is 4.64. The zero-order valence-corrected chi connectivity index (χ0v) is 14.0. The number of phenolic OH excluding ortho intramolecular Hbond substituents is 1. The molecule has 1 N–H and O–H groups in total. The molecule has 1 amide bonds. The van der Waals surface area contributed by atoms with Crippen LogP contribution in [0.1, 0.15) is 28.9 Å². The Labute approximate surface area is 137 Å². The Morgan fingerprint density at radius 3 is 2.48 bits per heavy atom. The molecule has 2 rings (SSSR count). The molecule has 21 heavy (non-hydrogen) atoms. The van der Waals surface area contributed by atoms with E-state index in [4.69, 9.17) is 11.6 Å². The Bertz CT molecular complexity index is 658. The van der Waals surface area contributed by atoms with Crippen LogP contribution in [-0.4, -0.2) is 23.0 Å². The highest BCUT2D eigenvalue weighted by molar-refractivity contribution is 9.10. The number of carbonyl (C=O) groups is 1. The smallest absolute Gasteiger partial charge is 0.255 e. The fourth-order valence-corrected chi connectivity index (χ4v) is 2.56. The third-order valence-electron chi connectivity index (χ3n) is 3.44. The number of halogens is 2. The van der Waals surface area contributed by atoms with Crippen LogP contribution in [0.5, 0.6) is 5.75 Å². The molecule has 2 aromatic carbocycles. The molecule has 0 saturated heterocycles. The van der Waals surface area contributed by atoms with Gasteiger partial charge in [0.1, 0.15) is 5.75 Å². The van der Waals surface area contributed by atoms with Gasteiger partial charge in [-0.25, -0.2) is 0 Å². The third kappa shape index (κ3) is 3.57. The highest BCUT2D eigenvalue weighted by atomic mass is 79.9. The lowest BCUT2D eigenvalue weighted by atomic mass is 10.1. The molecule has 0 fully saturated rings. The minimum absolute atomic E-state index is 0.131. The lowest BCUT2D eigenvalue weighted by Crippen LogP contribution is -2.29. The molecule has 5 heteroatoms. The summed E-state index contributed by atoms with van der Waals surface area (Å²) in [4.78, 5) is 14.2. The van der Waals surface area contributed by atoms with Crippen molar-refractivity contribution in [1.82, 2.24) is 4.90 Å². The molecule has 0 aliphatic rings. The van der Waals surface area contributed by atoms with Gasteiger partial charge in [0.15, 0.2) is 0 Å². The van der Waals surface area contributed by atoms with Crippen LogP contribution in [0.4, 0.5) is 0 Å². The molecule has 0 saturated carbocycles. The van der Waals surface area contributed by atoms with Gasteiger partial charge in [-0.1, -0.05) is 39.7 Å². The van der Waals surface area contributed by atoms with Crippen LogP contribution < -0.4 is 0 Å². The second-order valence-electron chi connectivity index (χ2n) is 4.81. The fraction of sp³-hybridized carbons (Fsp3) is 0.188. The molecule has 2 aromatic rings. The van der Waals surface area contributed by atoms with Gasteiger partial charge in [-0.15, -0.1) is 0 Å². The maximum Gasteiger partial charge on any atom is 0.255 e. The van der Waals surface area contributed by atoms with Gasteiger partial charge in [-0.05, 0) is 42.8 Å². The van der Waals surface area contributed by atoms with E-state index in [2.05, 4.69) is 15.9 Å². The molecule has 1 atom stereocenters. The summed E-state index contributed by atoms with van der Waals surface area (Å²) >= 11 is 9.45. The number of aromatic hydroxyl groups is 1. The molecule has 110 valence electrons. The molecule has 3 nitrogen and oxygen atoms in total. The average molecular weight is 369 g/mol. The van der Waals surface area contributed by atoms with Crippen molar-refractivity contribution in [2.75, 3.05) is 7.05 Å². The van der Waals surface area contributed by atoms with E-state index in [1.807, 2.05) is 6.92 Å². The fourth-order valence-electron chi connectivity index (χ4n) is 2.00. The molecule has 1 unspecified atom stereocenters. The number of carbonyl (C=O) groups excluding carboxylic acids is 1. The van der Waals surface area contributed by atoms with Gasteiger partial charge >= 0.3 is 0 Å². The molecule has 0 aliphatic heterocycles. The minimum atomic E-state index is -0.151. The van der Waals surface area contributed by atoms with Crippen molar-refractivity contribution in [1.29, 1.82) is 0 Å². The Morgan fingerprint density at radius 1 is 1.24 bits per heavy atom. The summed E-state index contributed by atoms with van der Waals surface area (Å²) in [5, 5.41) is 9.75. The number of amides is 1. The van der Waals surface area contributed by atoms with Gasteiger partial charge in [0.05, 0.1) is 16.6 Å². The van der Waals surface area contributed by atoms with Crippen LogP contribution in [0.3, 0.4) is 0 Å². The van der Waals surface area contributed by atoms with Gasteiger partial charge in [0.2, 0.25) is 0 Å².